The van der Waals surface area contributed by atoms with Crippen LogP contribution in [0.5, 0.6) is 11.5 Å². The molecule has 29 heavy (non-hydrogen) atoms. The van der Waals surface area contributed by atoms with Crippen molar-refractivity contribution in [2.45, 2.75) is 13.0 Å². The standard InChI is InChI=1S/C22H26N2O5/c25-22(28-17-19-4-2-1-3-5-19)29-24-12-10-23(11-13-24)9-8-18-6-7-20-21(16-18)27-15-14-26-20/h1-7,16H,8-15,17H2. The first-order valence-corrected chi connectivity index (χ1v) is 10.0. The molecule has 2 aromatic carbocycles. The number of piperazine rings is 1. The third kappa shape index (κ3) is 5.62. The number of carbonyl (C=O) groups excluding carboxylic acids is 1. The second-order valence-electron chi connectivity index (χ2n) is 7.11. The summed E-state index contributed by atoms with van der Waals surface area (Å²) >= 11 is 0. The van der Waals surface area contributed by atoms with E-state index >= 15 is 0 Å². The molecule has 0 bridgehead atoms. The summed E-state index contributed by atoms with van der Waals surface area (Å²) < 4.78 is 16.4. The third-order valence-corrected chi connectivity index (χ3v) is 5.06. The van der Waals surface area contributed by atoms with E-state index in [1.807, 2.05) is 36.4 Å². The fourth-order valence-electron chi connectivity index (χ4n) is 3.42. The number of hydrogen-bond acceptors (Lipinski definition) is 7. The van der Waals surface area contributed by atoms with Gasteiger partial charge in [0.1, 0.15) is 19.8 Å². The highest BCUT2D eigenvalue weighted by molar-refractivity contribution is 5.59. The van der Waals surface area contributed by atoms with Crippen molar-refractivity contribution in [3.05, 3.63) is 59.7 Å². The zero-order valence-corrected chi connectivity index (χ0v) is 16.4. The molecule has 0 amide bonds. The lowest BCUT2D eigenvalue weighted by Gasteiger charge is -2.33. The zero-order chi connectivity index (χ0) is 19.9. The Morgan fingerprint density at radius 1 is 0.897 bits per heavy atom. The summed E-state index contributed by atoms with van der Waals surface area (Å²) in [5, 5.41) is 1.67. The molecular formula is C22H26N2O5. The number of ether oxygens (including phenoxy) is 3. The van der Waals surface area contributed by atoms with Crippen LogP contribution in [-0.4, -0.2) is 62.1 Å². The molecule has 0 spiro atoms. The topological polar surface area (TPSA) is 60.5 Å². The van der Waals surface area contributed by atoms with Crippen molar-refractivity contribution < 1.29 is 23.8 Å². The first kappa shape index (κ1) is 19.5. The maximum atomic E-state index is 11.9. The van der Waals surface area contributed by atoms with Crippen LogP contribution in [0.4, 0.5) is 4.79 Å². The van der Waals surface area contributed by atoms with Gasteiger partial charge in [0.05, 0.1) is 0 Å². The molecule has 0 aliphatic carbocycles. The van der Waals surface area contributed by atoms with Crippen molar-refractivity contribution in [3.8, 4) is 11.5 Å². The number of hydrogen-bond donors (Lipinski definition) is 0. The maximum Gasteiger partial charge on any atom is 0.528 e. The highest BCUT2D eigenvalue weighted by atomic mass is 16.8. The summed E-state index contributed by atoms with van der Waals surface area (Å²) in [6.45, 7) is 5.40. The highest BCUT2D eigenvalue weighted by Gasteiger charge is 2.21. The third-order valence-electron chi connectivity index (χ3n) is 5.06. The molecule has 2 aromatic rings. The number of benzene rings is 2. The molecule has 2 heterocycles. The van der Waals surface area contributed by atoms with Gasteiger partial charge >= 0.3 is 6.16 Å². The molecule has 2 aliphatic heterocycles. The van der Waals surface area contributed by atoms with Gasteiger partial charge in [0.2, 0.25) is 0 Å². The van der Waals surface area contributed by atoms with Crippen LogP contribution in [0.3, 0.4) is 0 Å². The summed E-state index contributed by atoms with van der Waals surface area (Å²) in [5.41, 5.74) is 2.17. The predicted octanol–water partition coefficient (Wildman–Crippen LogP) is 2.89. The smallest absolute Gasteiger partial charge is 0.486 e. The summed E-state index contributed by atoms with van der Waals surface area (Å²) in [6, 6.07) is 15.7. The molecule has 0 unspecified atom stereocenters. The van der Waals surface area contributed by atoms with E-state index in [-0.39, 0.29) is 6.61 Å². The minimum atomic E-state index is -0.654. The van der Waals surface area contributed by atoms with Crippen LogP contribution in [0.25, 0.3) is 0 Å². The van der Waals surface area contributed by atoms with Crippen molar-refractivity contribution in [2.24, 2.45) is 0 Å². The molecule has 4 rings (SSSR count). The Hall–Kier alpha value is -2.77. The fraction of sp³-hybridized carbons (Fsp3) is 0.409. The largest absolute Gasteiger partial charge is 0.528 e. The van der Waals surface area contributed by atoms with Crippen molar-refractivity contribution >= 4 is 6.16 Å². The van der Waals surface area contributed by atoms with E-state index in [2.05, 4.69) is 17.0 Å². The number of nitrogens with zero attached hydrogens (tertiary/aromatic N) is 2. The number of fused-ring (bicyclic) bond motifs is 1. The van der Waals surface area contributed by atoms with Crippen molar-refractivity contribution in [1.82, 2.24) is 9.96 Å². The van der Waals surface area contributed by atoms with Crippen molar-refractivity contribution in [3.63, 3.8) is 0 Å². The Balaban J connectivity index is 1.15. The van der Waals surface area contributed by atoms with Crippen LogP contribution in [0.2, 0.25) is 0 Å². The van der Waals surface area contributed by atoms with E-state index in [4.69, 9.17) is 19.0 Å². The van der Waals surface area contributed by atoms with Gasteiger partial charge in [-0.15, -0.1) is 5.06 Å². The second kappa shape index (κ2) is 9.62. The van der Waals surface area contributed by atoms with Crippen LogP contribution in [-0.2, 0) is 22.6 Å². The van der Waals surface area contributed by atoms with Gasteiger partial charge in [-0.2, -0.15) is 0 Å². The Labute approximate surface area is 170 Å². The first-order valence-electron chi connectivity index (χ1n) is 10.0. The van der Waals surface area contributed by atoms with Gasteiger partial charge in [0.15, 0.2) is 11.5 Å². The van der Waals surface area contributed by atoms with Gasteiger partial charge in [-0.05, 0) is 29.7 Å². The first-order chi connectivity index (χ1) is 14.3. The lowest BCUT2D eigenvalue weighted by atomic mass is 10.1. The van der Waals surface area contributed by atoms with Gasteiger partial charge in [-0.1, -0.05) is 36.4 Å². The van der Waals surface area contributed by atoms with Crippen LogP contribution in [0.1, 0.15) is 11.1 Å². The van der Waals surface area contributed by atoms with E-state index in [9.17, 15) is 4.79 Å². The van der Waals surface area contributed by atoms with Crippen molar-refractivity contribution in [2.75, 3.05) is 45.9 Å². The van der Waals surface area contributed by atoms with Crippen LogP contribution < -0.4 is 9.47 Å². The molecule has 0 saturated carbocycles. The zero-order valence-electron chi connectivity index (χ0n) is 16.4. The second-order valence-corrected chi connectivity index (χ2v) is 7.11. The Morgan fingerprint density at radius 2 is 1.66 bits per heavy atom. The molecule has 7 heteroatoms. The molecule has 0 N–H and O–H groups in total. The number of carbonyl (C=O) groups is 1. The van der Waals surface area contributed by atoms with E-state index in [1.165, 1.54) is 5.56 Å². The maximum absolute atomic E-state index is 11.9. The number of hydroxylamine groups is 2. The monoisotopic (exact) mass is 398 g/mol. The lowest BCUT2D eigenvalue weighted by Crippen LogP contribution is -2.47. The summed E-state index contributed by atoms with van der Waals surface area (Å²) in [4.78, 5) is 19.5. The summed E-state index contributed by atoms with van der Waals surface area (Å²) in [7, 11) is 0. The molecule has 7 nitrogen and oxygen atoms in total. The van der Waals surface area contributed by atoms with Crippen molar-refractivity contribution in [1.29, 1.82) is 0 Å². The SMILES string of the molecule is O=C(OCc1ccccc1)ON1CCN(CCc2ccc3c(c2)OCCO3)CC1. The molecule has 0 atom stereocenters. The average Bonchev–Trinajstić information content (AvgIpc) is 2.78. The highest BCUT2D eigenvalue weighted by Crippen LogP contribution is 2.30. The summed E-state index contributed by atoms with van der Waals surface area (Å²) in [6.07, 6.45) is 0.287. The van der Waals surface area contributed by atoms with Gasteiger partial charge in [-0.25, -0.2) is 4.79 Å². The summed E-state index contributed by atoms with van der Waals surface area (Å²) in [5.74, 6) is 1.66. The van der Waals surface area contributed by atoms with Gasteiger partial charge in [0, 0.05) is 32.7 Å². The quantitative estimate of drug-likeness (QED) is 0.694. The molecule has 154 valence electrons. The van der Waals surface area contributed by atoms with Crippen LogP contribution in [0, 0.1) is 0 Å². The Morgan fingerprint density at radius 3 is 2.45 bits per heavy atom. The molecule has 2 aliphatic rings. The van der Waals surface area contributed by atoms with Gasteiger partial charge in [0.25, 0.3) is 0 Å². The van der Waals surface area contributed by atoms with Crippen LogP contribution >= 0.6 is 0 Å². The molecule has 1 fully saturated rings. The van der Waals surface area contributed by atoms with E-state index in [0.717, 1.165) is 43.1 Å². The minimum Gasteiger partial charge on any atom is -0.486 e. The predicted molar refractivity (Wildman–Crippen MR) is 107 cm³/mol. The normalized spacial score (nSPS) is 17.0. The Bertz CT molecular complexity index is 806. The van der Waals surface area contributed by atoms with Crippen LogP contribution in [0.15, 0.2) is 48.5 Å². The Kier molecular flexibility index (Phi) is 6.49. The molecule has 0 radical (unpaired) electrons. The average molecular weight is 398 g/mol. The van der Waals surface area contributed by atoms with E-state index in [1.54, 1.807) is 5.06 Å². The lowest BCUT2D eigenvalue weighted by molar-refractivity contribution is -0.147. The fourth-order valence-corrected chi connectivity index (χ4v) is 3.42. The molecular weight excluding hydrogens is 372 g/mol. The van der Waals surface area contributed by atoms with Gasteiger partial charge < -0.3 is 23.9 Å². The minimum absolute atomic E-state index is 0.217. The van der Waals surface area contributed by atoms with E-state index in [0.29, 0.717) is 26.3 Å². The van der Waals surface area contributed by atoms with E-state index < -0.39 is 6.16 Å². The molecule has 1 saturated heterocycles. The molecule has 0 aromatic heterocycles. The van der Waals surface area contributed by atoms with Gasteiger partial charge in [-0.3, -0.25) is 0 Å². The number of rotatable bonds is 6.